The quantitative estimate of drug-likeness (QED) is 0.168. The summed E-state index contributed by atoms with van der Waals surface area (Å²) in [5, 5.41) is 3.49. The predicted molar refractivity (Wildman–Crippen MR) is 257 cm³/mol. The van der Waals surface area contributed by atoms with Crippen molar-refractivity contribution in [3.8, 4) is 56.0 Å². The Bertz CT molecular complexity index is 3470. The molecule has 0 saturated heterocycles. The highest BCUT2D eigenvalue weighted by Crippen LogP contribution is 2.56. The molecule has 296 valence electrons. The Labute approximate surface area is 360 Å². The summed E-state index contributed by atoms with van der Waals surface area (Å²) in [4.78, 5) is 10.6. The van der Waals surface area contributed by atoms with Gasteiger partial charge in [0, 0.05) is 47.5 Å². The largest absolute Gasteiger partial charge is 0.452 e. The van der Waals surface area contributed by atoms with Gasteiger partial charge in [0.2, 0.25) is 0 Å². The molecule has 12 rings (SSSR count). The highest BCUT2D eigenvalue weighted by molar-refractivity contribution is 7.26. The molecule has 0 atom stereocenters. The van der Waals surface area contributed by atoms with Gasteiger partial charge in [0.25, 0.3) is 0 Å². The number of para-hydroxylation sites is 1. The van der Waals surface area contributed by atoms with E-state index in [0.717, 1.165) is 57.6 Å². The molecule has 0 amide bonds. The van der Waals surface area contributed by atoms with Crippen molar-refractivity contribution in [3.63, 3.8) is 0 Å². The molecule has 0 spiro atoms. The standard InChI is InChI=1S/C57H46N2OS/c1-32(2)21-22-33-13-11-14-36(27-33)55-58-51-40-16-8-10-20-49(40)60-53(51)52(59-55)41-18-12-17-39-44-28-34(24-26-50(44)61-54(39)41)35-23-25-38-43-31-47-42(30-48(43)57(5,6)46(38)29-35)37-15-7-9-19-45(37)56(47,3)4/h7-20,23-32H,21-22H2,1-6H3. The van der Waals surface area contributed by atoms with Crippen LogP contribution in [0.3, 0.4) is 0 Å². The highest BCUT2D eigenvalue weighted by atomic mass is 32.1. The zero-order valence-electron chi connectivity index (χ0n) is 35.5. The van der Waals surface area contributed by atoms with E-state index >= 15 is 0 Å². The number of thiophene rings is 1. The van der Waals surface area contributed by atoms with Crippen molar-refractivity contribution >= 4 is 53.6 Å². The molecule has 0 bridgehead atoms. The van der Waals surface area contributed by atoms with E-state index in [1.54, 1.807) is 0 Å². The maximum absolute atomic E-state index is 6.62. The molecular weight excluding hydrogens is 761 g/mol. The molecule has 0 fully saturated rings. The second-order valence-electron chi connectivity index (χ2n) is 18.8. The summed E-state index contributed by atoms with van der Waals surface area (Å²) < 4.78 is 9.08. The second kappa shape index (κ2) is 13.1. The first-order valence-corrected chi connectivity index (χ1v) is 22.5. The van der Waals surface area contributed by atoms with Crippen molar-refractivity contribution in [2.24, 2.45) is 5.92 Å². The van der Waals surface area contributed by atoms with Gasteiger partial charge in [0.1, 0.15) is 16.8 Å². The van der Waals surface area contributed by atoms with E-state index in [1.807, 2.05) is 23.5 Å². The van der Waals surface area contributed by atoms with Crippen LogP contribution >= 0.6 is 11.3 Å². The number of rotatable bonds is 6. The van der Waals surface area contributed by atoms with Gasteiger partial charge < -0.3 is 4.42 Å². The summed E-state index contributed by atoms with van der Waals surface area (Å²) in [6, 6.07) is 51.7. The topological polar surface area (TPSA) is 38.9 Å². The summed E-state index contributed by atoms with van der Waals surface area (Å²) in [7, 11) is 0. The van der Waals surface area contributed by atoms with Gasteiger partial charge in [0.05, 0.1) is 0 Å². The zero-order chi connectivity index (χ0) is 41.4. The van der Waals surface area contributed by atoms with Gasteiger partial charge in [-0.1, -0.05) is 133 Å². The minimum Gasteiger partial charge on any atom is -0.452 e. The fourth-order valence-electron chi connectivity index (χ4n) is 10.5. The molecular formula is C57H46N2OS. The average molecular weight is 807 g/mol. The van der Waals surface area contributed by atoms with E-state index < -0.39 is 0 Å². The van der Waals surface area contributed by atoms with Crippen LogP contribution in [0.2, 0.25) is 0 Å². The number of furan rings is 1. The SMILES string of the molecule is CC(C)CCc1cccc(-c2nc(-c3cccc4c3sc3ccc(-c5ccc6c(c5)C(C)(C)c5cc7c(cc5-6)C(C)(C)c5ccccc5-7)cc34)c3oc4ccccc4c3n2)c1. The first kappa shape index (κ1) is 36.5. The highest BCUT2D eigenvalue weighted by Gasteiger charge is 2.41. The van der Waals surface area contributed by atoms with Crippen LogP contribution in [0, 0.1) is 5.92 Å². The predicted octanol–water partition coefficient (Wildman–Crippen LogP) is 15.9. The number of hydrogen-bond acceptors (Lipinski definition) is 4. The van der Waals surface area contributed by atoms with Crippen LogP contribution in [-0.2, 0) is 17.3 Å². The smallest absolute Gasteiger partial charge is 0.180 e. The van der Waals surface area contributed by atoms with Crippen LogP contribution in [0.15, 0.2) is 144 Å². The number of fused-ring (bicyclic) bond motifs is 12. The van der Waals surface area contributed by atoms with Gasteiger partial charge in [-0.25, -0.2) is 9.97 Å². The molecule has 10 aromatic rings. The Morgan fingerprint density at radius 2 is 1.21 bits per heavy atom. The summed E-state index contributed by atoms with van der Waals surface area (Å²) in [6.07, 6.45) is 2.18. The van der Waals surface area contributed by atoms with Crippen LogP contribution in [0.1, 0.15) is 75.8 Å². The number of aryl methyl sites for hydroxylation is 1. The van der Waals surface area contributed by atoms with Crippen LogP contribution in [0.4, 0.5) is 0 Å². The minimum absolute atomic E-state index is 0.0287. The lowest BCUT2D eigenvalue weighted by atomic mass is 9.79. The lowest BCUT2D eigenvalue weighted by molar-refractivity contribution is 0.587. The lowest BCUT2D eigenvalue weighted by Gasteiger charge is -2.24. The Balaban J connectivity index is 0.971. The van der Waals surface area contributed by atoms with Gasteiger partial charge in [-0.3, -0.25) is 0 Å². The fraction of sp³-hybridized carbons (Fsp3) is 0.193. The van der Waals surface area contributed by atoms with Gasteiger partial charge in [0.15, 0.2) is 11.4 Å². The zero-order valence-corrected chi connectivity index (χ0v) is 36.3. The molecule has 61 heavy (non-hydrogen) atoms. The maximum Gasteiger partial charge on any atom is 0.180 e. The molecule has 0 unspecified atom stereocenters. The first-order chi connectivity index (χ1) is 29.5. The van der Waals surface area contributed by atoms with Gasteiger partial charge in [-0.2, -0.15) is 0 Å². The number of nitrogens with zero attached hydrogens (tertiary/aromatic N) is 2. The van der Waals surface area contributed by atoms with Gasteiger partial charge in [-0.05, 0) is 128 Å². The Morgan fingerprint density at radius 1 is 0.541 bits per heavy atom. The maximum atomic E-state index is 6.62. The lowest BCUT2D eigenvalue weighted by Crippen LogP contribution is -2.17. The summed E-state index contributed by atoms with van der Waals surface area (Å²) in [5.41, 5.74) is 20.1. The van der Waals surface area contributed by atoms with E-state index in [1.165, 1.54) is 81.4 Å². The number of benzene rings is 7. The third kappa shape index (κ3) is 5.41. The average Bonchev–Trinajstić information content (AvgIpc) is 3.97. The molecule has 0 aliphatic heterocycles. The van der Waals surface area contributed by atoms with E-state index in [0.29, 0.717) is 5.92 Å². The van der Waals surface area contributed by atoms with E-state index in [9.17, 15) is 0 Å². The number of hydrogen-bond donors (Lipinski definition) is 0. The third-order valence-electron chi connectivity index (χ3n) is 13.9. The van der Waals surface area contributed by atoms with Crippen molar-refractivity contribution in [3.05, 3.63) is 167 Å². The van der Waals surface area contributed by atoms with Crippen molar-refractivity contribution in [2.75, 3.05) is 0 Å². The van der Waals surface area contributed by atoms with Crippen molar-refractivity contribution in [1.82, 2.24) is 9.97 Å². The van der Waals surface area contributed by atoms with E-state index in [2.05, 4.69) is 169 Å². The molecule has 3 nitrogen and oxygen atoms in total. The molecule has 3 aromatic heterocycles. The number of aromatic nitrogens is 2. The molecule has 0 radical (unpaired) electrons. The Kier molecular flexibility index (Phi) is 7.82. The normalized spacial score (nSPS) is 14.6. The molecule has 3 heterocycles. The van der Waals surface area contributed by atoms with Crippen LogP contribution in [-0.4, -0.2) is 9.97 Å². The Morgan fingerprint density at radius 3 is 2.05 bits per heavy atom. The third-order valence-corrected chi connectivity index (χ3v) is 15.1. The van der Waals surface area contributed by atoms with Gasteiger partial charge >= 0.3 is 0 Å². The molecule has 2 aliphatic carbocycles. The van der Waals surface area contributed by atoms with Crippen molar-refractivity contribution in [1.29, 1.82) is 0 Å². The van der Waals surface area contributed by atoms with E-state index in [4.69, 9.17) is 14.4 Å². The Hall–Kier alpha value is -6.36. The van der Waals surface area contributed by atoms with Crippen LogP contribution in [0.25, 0.3) is 98.3 Å². The van der Waals surface area contributed by atoms with E-state index in [-0.39, 0.29) is 10.8 Å². The summed E-state index contributed by atoms with van der Waals surface area (Å²) >= 11 is 1.83. The van der Waals surface area contributed by atoms with Crippen molar-refractivity contribution in [2.45, 2.75) is 65.2 Å². The summed E-state index contributed by atoms with van der Waals surface area (Å²) in [6.45, 7) is 14.1. The van der Waals surface area contributed by atoms with Crippen LogP contribution in [0.5, 0.6) is 0 Å². The summed E-state index contributed by atoms with van der Waals surface area (Å²) in [5.74, 6) is 1.37. The molecule has 2 aliphatic rings. The molecule has 4 heteroatoms. The van der Waals surface area contributed by atoms with Gasteiger partial charge in [-0.15, -0.1) is 11.3 Å². The fourth-order valence-corrected chi connectivity index (χ4v) is 11.7. The molecule has 0 saturated carbocycles. The first-order valence-electron chi connectivity index (χ1n) is 21.7. The van der Waals surface area contributed by atoms with Crippen molar-refractivity contribution < 1.29 is 4.42 Å². The monoisotopic (exact) mass is 806 g/mol. The minimum atomic E-state index is -0.126. The molecule has 0 N–H and O–H groups in total. The van der Waals surface area contributed by atoms with Crippen LogP contribution < -0.4 is 0 Å². The second-order valence-corrected chi connectivity index (χ2v) is 19.9. The molecule has 7 aromatic carbocycles.